The summed E-state index contributed by atoms with van der Waals surface area (Å²) in [5, 5.41) is 0. The highest BCUT2D eigenvalue weighted by Crippen LogP contribution is 2.51. The fraction of sp³-hybridized carbons (Fsp3) is 0.500. The van der Waals surface area contributed by atoms with Crippen LogP contribution in [0.25, 0.3) is 0 Å². The van der Waals surface area contributed by atoms with Crippen molar-refractivity contribution >= 4 is 22.0 Å². The normalized spacial score (nSPS) is 19.8. The smallest absolute Gasteiger partial charge is 0.235 e. The number of ether oxygens (including phenoxy) is 2. The zero-order valence-corrected chi connectivity index (χ0v) is 12.0. The van der Waals surface area contributed by atoms with E-state index >= 15 is 0 Å². The Labute approximate surface area is 119 Å². The minimum atomic E-state index is -0.507. The quantitative estimate of drug-likeness (QED) is 0.619. The molecule has 2 aliphatic rings. The van der Waals surface area contributed by atoms with Gasteiger partial charge in [0, 0.05) is 10.0 Å². The second kappa shape index (κ2) is 4.99. The van der Waals surface area contributed by atoms with Gasteiger partial charge in [-0.2, -0.15) is 4.99 Å². The van der Waals surface area contributed by atoms with Gasteiger partial charge in [-0.15, -0.1) is 0 Å². The van der Waals surface area contributed by atoms with Crippen molar-refractivity contribution in [3.8, 4) is 11.5 Å². The summed E-state index contributed by atoms with van der Waals surface area (Å²) < 4.78 is 12.3. The number of rotatable bonds is 2. The van der Waals surface area contributed by atoms with Crippen molar-refractivity contribution in [2.75, 3.05) is 13.2 Å². The van der Waals surface area contributed by atoms with Crippen LogP contribution >= 0.6 is 15.9 Å². The second-order valence-corrected chi connectivity index (χ2v) is 5.74. The third kappa shape index (κ3) is 2.07. The van der Waals surface area contributed by atoms with Crippen LogP contribution in [0.2, 0.25) is 0 Å². The van der Waals surface area contributed by atoms with E-state index in [4.69, 9.17) is 9.47 Å². The molecule has 0 amide bonds. The standard InChI is InChI=1S/C14H14BrNO3/c15-10-3-4-11-13(19-8-7-18-11)12(10)14(16-9-17)5-1-2-6-14/h3-4H,1-2,5-8H2. The Morgan fingerprint density at radius 1 is 1.21 bits per heavy atom. The van der Waals surface area contributed by atoms with E-state index in [2.05, 4.69) is 20.9 Å². The molecular formula is C14H14BrNO3. The van der Waals surface area contributed by atoms with Gasteiger partial charge in [-0.3, -0.25) is 0 Å². The van der Waals surface area contributed by atoms with Crippen molar-refractivity contribution in [2.24, 2.45) is 4.99 Å². The molecule has 0 atom stereocenters. The summed E-state index contributed by atoms with van der Waals surface area (Å²) in [4.78, 5) is 15.0. The van der Waals surface area contributed by atoms with Gasteiger partial charge in [-0.05, 0) is 25.0 Å². The first kappa shape index (κ1) is 12.7. The Morgan fingerprint density at radius 3 is 2.68 bits per heavy atom. The summed E-state index contributed by atoms with van der Waals surface area (Å²) in [5.74, 6) is 1.46. The van der Waals surface area contributed by atoms with Gasteiger partial charge in [0.15, 0.2) is 11.5 Å². The minimum Gasteiger partial charge on any atom is -0.486 e. The van der Waals surface area contributed by atoms with Gasteiger partial charge in [-0.1, -0.05) is 28.8 Å². The van der Waals surface area contributed by atoms with Crippen LogP contribution in [0.4, 0.5) is 0 Å². The highest BCUT2D eigenvalue weighted by atomic mass is 79.9. The van der Waals surface area contributed by atoms with Crippen molar-refractivity contribution in [1.29, 1.82) is 0 Å². The number of fused-ring (bicyclic) bond motifs is 1. The number of hydrogen-bond acceptors (Lipinski definition) is 4. The lowest BCUT2D eigenvalue weighted by atomic mass is 9.87. The zero-order valence-electron chi connectivity index (χ0n) is 10.4. The van der Waals surface area contributed by atoms with Gasteiger partial charge >= 0.3 is 0 Å². The Hall–Kier alpha value is -1.32. The average molecular weight is 324 g/mol. The Balaban J connectivity index is 2.20. The topological polar surface area (TPSA) is 47.9 Å². The molecule has 0 unspecified atom stereocenters. The van der Waals surface area contributed by atoms with Crippen molar-refractivity contribution in [3.05, 3.63) is 22.2 Å². The van der Waals surface area contributed by atoms with Gasteiger partial charge in [-0.25, -0.2) is 4.79 Å². The lowest BCUT2D eigenvalue weighted by molar-refractivity contribution is 0.166. The molecule has 1 saturated carbocycles. The van der Waals surface area contributed by atoms with Gasteiger partial charge in [0.1, 0.15) is 18.8 Å². The van der Waals surface area contributed by atoms with E-state index in [-0.39, 0.29) is 0 Å². The van der Waals surface area contributed by atoms with E-state index < -0.39 is 5.54 Å². The maximum absolute atomic E-state index is 10.8. The third-order valence-electron chi connectivity index (χ3n) is 3.81. The molecule has 0 bridgehead atoms. The first-order chi connectivity index (χ1) is 9.27. The van der Waals surface area contributed by atoms with E-state index in [9.17, 15) is 4.79 Å². The molecular weight excluding hydrogens is 310 g/mol. The second-order valence-electron chi connectivity index (χ2n) is 4.89. The Morgan fingerprint density at radius 2 is 1.95 bits per heavy atom. The van der Waals surface area contributed by atoms with Crippen LogP contribution in [-0.4, -0.2) is 19.3 Å². The number of hydrogen-bond donors (Lipinski definition) is 0. The van der Waals surface area contributed by atoms with Gasteiger partial charge in [0.25, 0.3) is 0 Å². The van der Waals surface area contributed by atoms with Crippen molar-refractivity contribution in [3.63, 3.8) is 0 Å². The number of halogens is 1. The van der Waals surface area contributed by atoms with Crippen LogP contribution < -0.4 is 9.47 Å². The van der Waals surface area contributed by atoms with Crippen LogP contribution in [0, 0.1) is 0 Å². The summed E-state index contributed by atoms with van der Waals surface area (Å²) >= 11 is 3.57. The predicted molar refractivity (Wildman–Crippen MR) is 73.4 cm³/mol. The van der Waals surface area contributed by atoms with Gasteiger partial charge < -0.3 is 9.47 Å². The zero-order chi connectivity index (χ0) is 13.3. The summed E-state index contributed by atoms with van der Waals surface area (Å²) in [7, 11) is 0. The fourth-order valence-corrected chi connectivity index (χ4v) is 3.67. The van der Waals surface area contributed by atoms with Crippen LogP contribution in [0.3, 0.4) is 0 Å². The van der Waals surface area contributed by atoms with Crippen molar-refractivity contribution < 1.29 is 14.3 Å². The SMILES string of the molecule is O=C=NC1(c2c(Br)ccc3c2OCCO3)CCCC1. The molecule has 1 heterocycles. The van der Waals surface area contributed by atoms with Crippen LogP contribution in [-0.2, 0) is 10.3 Å². The molecule has 0 aromatic heterocycles. The summed E-state index contributed by atoms with van der Waals surface area (Å²) in [6, 6.07) is 3.82. The number of isocyanates is 1. The lowest BCUT2D eigenvalue weighted by Gasteiger charge is -2.30. The lowest BCUT2D eigenvalue weighted by Crippen LogP contribution is -2.24. The summed E-state index contributed by atoms with van der Waals surface area (Å²) in [5.41, 5.74) is 0.428. The summed E-state index contributed by atoms with van der Waals surface area (Å²) in [6.07, 6.45) is 5.55. The molecule has 0 spiro atoms. The van der Waals surface area contributed by atoms with Crippen LogP contribution in [0.1, 0.15) is 31.2 Å². The first-order valence-corrected chi connectivity index (χ1v) is 7.24. The minimum absolute atomic E-state index is 0.507. The molecule has 5 heteroatoms. The molecule has 1 aromatic rings. The number of benzene rings is 1. The van der Waals surface area contributed by atoms with E-state index in [1.54, 1.807) is 6.08 Å². The predicted octanol–water partition coefficient (Wildman–Crippen LogP) is 3.33. The molecule has 0 saturated heterocycles. The Kier molecular flexibility index (Phi) is 3.33. The van der Waals surface area contributed by atoms with Gasteiger partial charge in [0.05, 0.1) is 0 Å². The molecule has 4 nitrogen and oxygen atoms in total. The molecule has 19 heavy (non-hydrogen) atoms. The first-order valence-electron chi connectivity index (χ1n) is 6.44. The molecule has 0 radical (unpaired) electrons. The average Bonchev–Trinajstić information content (AvgIpc) is 2.88. The maximum Gasteiger partial charge on any atom is 0.235 e. The Bertz CT molecular complexity index is 546. The van der Waals surface area contributed by atoms with E-state index in [0.717, 1.165) is 47.2 Å². The number of carbonyl (C=O) groups excluding carboxylic acids is 1. The molecule has 1 aliphatic heterocycles. The highest BCUT2D eigenvalue weighted by molar-refractivity contribution is 9.10. The third-order valence-corrected chi connectivity index (χ3v) is 4.47. The van der Waals surface area contributed by atoms with Gasteiger partial charge in [0.2, 0.25) is 6.08 Å². The van der Waals surface area contributed by atoms with Crippen LogP contribution in [0.5, 0.6) is 11.5 Å². The van der Waals surface area contributed by atoms with E-state index in [0.29, 0.717) is 13.2 Å². The fourth-order valence-electron chi connectivity index (χ4n) is 2.99. The number of aliphatic imine (C=N–C) groups is 1. The molecule has 100 valence electrons. The van der Waals surface area contributed by atoms with Crippen molar-refractivity contribution in [2.45, 2.75) is 31.2 Å². The highest BCUT2D eigenvalue weighted by Gasteiger charge is 2.41. The monoisotopic (exact) mass is 323 g/mol. The molecule has 1 aromatic carbocycles. The molecule has 1 aliphatic carbocycles. The van der Waals surface area contributed by atoms with Crippen molar-refractivity contribution in [1.82, 2.24) is 0 Å². The molecule has 3 rings (SSSR count). The molecule has 1 fully saturated rings. The maximum atomic E-state index is 10.8. The van der Waals surface area contributed by atoms with Crippen LogP contribution in [0.15, 0.2) is 21.6 Å². The molecule has 0 N–H and O–H groups in total. The van der Waals surface area contributed by atoms with E-state index in [1.165, 1.54) is 0 Å². The number of nitrogens with zero attached hydrogens (tertiary/aromatic N) is 1. The van der Waals surface area contributed by atoms with E-state index in [1.807, 2.05) is 12.1 Å². The largest absolute Gasteiger partial charge is 0.486 e. The summed E-state index contributed by atoms with van der Waals surface area (Å²) in [6.45, 7) is 1.08.